The number of Topliss-reactive ketones (excluding diaryl/α,β-unsaturated/α-hetero) is 1. The Morgan fingerprint density at radius 1 is 0.931 bits per heavy atom. The molecule has 4 rings (SSSR count). The molecule has 1 amide bonds. The van der Waals surface area contributed by atoms with Crippen molar-refractivity contribution in [2.45, 2.75) is 44.6 Å². The summed E-state index contributed by atoms with van der Waals surface area (Å²) in [5.74, 6) is -0.109. The topological polar surface area (TPSA) is 46.2 Å². The maximum atomic E-state index is 13.3. The van der Waals surface area contributed by atoms with Gasteiger partial charge in [-0.3, -0.25) is 9.59 Å². The van der Waals surface area contributed by atoms with Crippen LogP contribution in [0, 0.1) is 0 Å². The number of benzene rings is 2. The molecule has 1 aliphatic rings. The van der Waals surface area contributed by atoms with E-state index in [4.69, 9.17) is 0 Å². The summed E-state index contributed by atoms with van der Waals surface area (Å²) in [6, 6.07) is 19.3. The summed E-state index contributed by atoms with van der Waals surface area (Å²) in [5, 5.41) is 4.86. The lowest BCUT2D eigenvalue weighted by Crippen LogP contribution is -2.43. The zero-order chi connectivity index (χ0) is 20.1. The average molecular weight is 404 g/mol. The molecule has 0 bridgehead atoms. The molecule has 29 heavy (non-hydrogen) atoms. The van der Waals surface area contributed by atoms with Crippen LogP contribution in [0.5, 0.6) is 0 Å². The van der Waals surface area contributed by atoms with Crippen LogP contribution in [0.1, 0.15) is 44.8 Å². The third kappa shape index (κ3) is 4.83. The number of hydrogen-bond donors (Lipinski definition) is 1. The highest BCUT2D eigenvalue weighted by Crippen LogP contribution is 2.25. The number of carbonyl (C=O) groups is 2. The molecule has 1 N–H and O–H groups in total. The summed E-state index contributed by atoms with van der Waals surface area (Å²) in [4.78, 5) is 26.6. The summed E-state index contributed by atoms with van der Waals surface area (Å²) < 4.78 is 0. The second-order valence-corrected chi connectivity index (χ2v) is 8.55. The molecule has 1 unspecified atom stereocenters. The van der Waals surface area contributed by atoms with Gasteiger partial charge in [-0.15, -0.1) is 11.3 Å². The van der Waals surface area contributed by atoms with Gasteiger partial charge in [-0.1, -0.05) is 54.6 Å². The summed E-state index contributed by atoms with van der Waals surface area (Å²) in [6.07, 6.45) is 5.42. The largest absolute Gasteiger partial charge is 0.341 e. The van der Waals surface area contributed by atoms with Gasteiger partial charge in [0.25, 0.3) is 5.91 Å². The highest BCUT2D eigenvalue weighted by molar-refractivity contribution is 7.12. The van der Waals surface area contributed by atoms with Crippen LogP contribution in [0.4, 0.5) is 0 Å². The average Bonchev–Trinajstić information content (AvgIpc) is 3.29. The molecule has 2 aromatic carbocycles. The van der Waals surface area contributed by atoms with Crippen molar-refractivity contribution in [3.8, 4) is 0 Å². The Balaban J connectivity index is 1.55. The quantitative estimate of drug-likeness (QED) is 0.617. The second-order valence-electron chi connectivity index (χ2n) is 7.60. The predicted octanol–water partition coefficient (Wildman–Crippen LogP) is 4.78. The van der Waals surface area contributed by atoms with Gasteiger partial charge >= 0.3 is 0 Å². The van der Waals surface area contributed by atoms with E-state index in [-0.39, 0.29) is 11.7 Å². The van der Waals surface area contributed by atoms with E-state index in [2.05, 4.69) is 23.5 Å². The second kappa shape index (κ2) is 9.19. The fourth-order valence-corrected chi connectivity index (χ4v) is 4.70. The molecule has 1 aromatic heterocycles. The Labute approximate surface area is 175 Å². The molecule has 1 atom stereocenters. The first-order chi connectivity index (χ1) is 14.2. The summed E-state index contributed by atoms with van der Waals surface area (Å²) in [6.45, 7) is 0. The van der Waals surface area contributed by atoms with Gasteiger partial charge in [-0.05, 0) is 65.8 Å². The number of fused-ring (bicyclic) bond motifs is 1. The van der Waals surface area contributed by atoms with Crippen molar-refractivity contribution in [3.63, 3.8) is 0 Å². The molecular weight excluding hydrogens is 378 g/mol. The van der Waals surface area contributed by atoms with E-state index in [1.54, 1.807) is 6.07 Å². The van der Waals surface area contributed by atoms with Crippen molar-refractivity contribution in [1.29, 1.82) is 0 Å². The highest BCUT2D eigenvalue weighted by Gasteiger charge is 2.24. The Morgan fingerprint density at radius 3 is 2.55 bits per heavy atom. The molecule has 0 saturated carbocycles. The van der Waals surface area contributed by atoms with Crippen molar-refractivity contribution >= 4 is 23.0 Å². The molecule has 3 aromatic rings. The highest BCUT2D eigenvalue weighted by atomic mass is 32.1. The van der Waals surface area contributed by atoms with Gasteiger partial charge in [-0.2, -0.15) is 0 Å². The molecule has 4 heteroatoms. The number of aryl methyl sites for hydroxylation is 1. The standard InChI is InChI=1S/C25H25NO2S/c27-23(17-20-12-6-11-19-10-4-5-13-21(19)20)22(16-18-8-2-1-3-9-18)26-25(28)24-14-7-15-29-24/h1-3,6-9,11-12,14-15,22H,4-5,10,13,16-17H2,(H,26,28). The Morgan fingerprint density at radius 2 is 1.76 bits per heavy atom. The fourth-order valence-electron chi connectivity index (χ4n) is 4.07. The van der Waals surface area contributed by atoms with Crippen LogP contribution in [0.15, 0.2) is 66.0 Å². The monoisotopic (exact) mass is 403 g/mol. The lowest BCUT2D eigenvalue weighted by atomic mass is 9.86. The van der Waals surface area contributed by atoms with Crippen LogP contribution in [0.3, 0.4) is 0 Å². The zero-order valence-corrected chi connectivity index (χ0v) is 17.2. The van der Waals surface area contributed by atoms with Gasteiger partial charge in [0, 0.05) is 6.42 Å². The van der Waals surface area contributed by atoms with Crippen LogP contribution < -0.4 is 5.32 Å². The molecule has 0 saturated heterocycles. The first-order valence-electron chi connectivity index (χ1n) is 10.2. The van der Waals surface area contributed by atoms with Gasteiger partial charge in [0.15, 0.2) is 5.78 Å². The molecule has 1 aliphatic carbocycles. The molecule has 0 aliphatic heterocycles. The predicted molar refractivity (Wildman–Crippen MR) is 118 cm³/mol. The lowest BCUT2D eigenvalue weighted by molar-refractivity contribution is -0.120. The van der Waals surface area contributed by atoms with Crippen molar-refractivity contribution in [3.05, 3.63) is 93.2 Å². The summed E-state index contributed by atoms with van der Waals surface area (Å²) >= 11 is 1.39. The van der Waals surface area contributed by atoms with Gasteiger partial charge in [-0.25, -0.2) is 0 Å². The zero-order valence-electron chi connectivity index (χ0n) is 16.4. The maximum Gasteiger partial charge on any atom is 0.261 e. The van der Waals surface area contributed by atoms with E-state index in [1.165, 1.54) is 35.3 Å². The normalized spacial score (nSPS) is 14.1. The lowest BCUT2D eigenvalue weighted by Gasteiger charge is -2.21. The van der Waals surface area contributed by atoms with Gasteiger partial charge in [0.05, 0.1) is 10.9 Å². The minimum atomic E-state index is -0.536. The Kier molecular flexibility index (Phi) is 6.20. The van der Waals surface area contributed by atoms with Crippen molar-refractivity contribution in [2.75, 3.05) is 0 Å². The van der Waals surface area contributed by atoms with Crippen LogP contribution in [-0.4, -0.2) is 17.7 Å². The smallest absolute Gasteiger partial charge is 0.261 e. The number of ketones is 1. The fraction of sp³-hybridized carbons (Fsp3) is 0.280. The molecule has 3 nitrogen and oxygen atoms in total. The van der Waals surface area contributed by atoms with Crippen molar-refractivity contribution in [2.24, 2.45) is 0 Å². The van der Waals surface area contributed by atoms with Gasteiger partial charge in [0.1, 0.15) is 0 Å². The molecule has 0 spiro atoms. The third-order valence-corrected chi connectivity index (χ3v) is 6.45. The number of rotatable bonds is 7. The molecule has 148 valence electrons. The Hall–Kier alpha value is -2.72. The number of thiophene rings is 1. The number of carbonyl (C=O) groups excluding carboxylic acids is 2. The van der Waals surface area contributed by atoms with Gasteiger partial charge < -0.3 is 5.32 Å². The maximum absolute atomic E-state index is 13.3. The number of nitrogens with one attached hydrogen (secondary N) is 1. The van der Waals surface area contributed by atoms with Crippen molar-refractivity contribution < 1.29 is 9.59 Å². The minimum Gasteiger partial charge on any atom is -0.341 e. The van der Waals surface area contributed by atoms with E-state index in [1.807, 2.05) is 41.8 Å². The van der Waals surface area contributed by atoms with Crippen LogP contribution in [-0.2, 0) is 30.5 Å². The summed E-state index contributed by atoms with van der Waals surface area (Å²) in [7, 11) is 0. The first-order valence-corrected chi connectivity index (χ1v) is 11.1. The van der Waals surface area contributed by atoms with E-state index in [9.17, 15) is 9.59 Å². The van der Waals surface area contributed by atoms with E-state index >= 15 is 0 Å². The van der Waals surface area contributed by atoms with Crippen LogP contribution >= 0.6 is 11.3 Å². The molecule has 1 heterocycles. The SMILES string of the molecule is O=C(NC(Cc1ccccc1)C(=O)Cc1cccc2c1CCCC2)c1cccs1. The molecule has 0 radical (unpaired) electrons. The molecular formula is C25H25NO2S. The first kappa shape index (κ1) is 19.6. The van der Waals surface area contributed by atoms with Crippen LogP contribution in [0.25, 0.3) is 0 Å². The Bertz CT molecular complexity index is 979. The minimum absolute atomic E-state index is 0.0673. The van der Waals surface area contributed by atoms with E-state index in [0.717, 1.165) is 24.0 Å². The third-order valence-electron chi connectivity index (χ3n) is 5.58. The molecule has 0 fully saturated rings. The number of amides is 1. The van der Waals surface area contributed by atoms with Crippen LogP contribution in [0.2, 0.25) is 0 Å². The number of hydrogen-bond acceptors (Lipinski definition) is 3. The van der Waals surface area contributed by atoms with Gasteiger partial charge in [0.2, 0.25) is 0 Å². The van der Waals surface area contributed by atoms with E-state index < -0.39 is 6.04 Å². The van der Waals surface area contributed by atoms with E-state index in [0.29, 0.717) is 17.7 Å². The summed E-state index contributed by atoms with van der Waals surface area (Å²) in [5.41, 5.74) is 4.89. The van der Waals surface area contributed by atoms with Crippen molar-refractivity contribution in [1.82, 2.24) is 5.32 Å².